The second-order valence-corrected chi connectivity index (χ2v) is 5.22. The third-order valence-electron chi connectivity index (χ3n) is 3.92. The van der Waals surface area contributed by atoms with Gasteiger partial charge in [0.15, 0.2) is 0 Å². The van der Waals surface area contributed by atoms with Gasteiger partial charge in [0.2, 0.25) is 11.8 Å². The van der Waals surface area contributed by atoms with Crippen molar-refractivity contribution in [3.63, 3.8) is 0 Å². The summed E-state index contributed by atoms with van der Waals surface area (Å²) in [7, 11) is 0. The molecule has 0 bridgehead atoms. The van der Waals surface area contributed by atoms with Crippen LogP contribution in [0.1, 0.15) is 39.5 Å². The van der Waals surface area contributed by atoms with Gasteiger partial charge in [0, 0.05) is 44.1 Å². The van der Waals surface area contributed by atoms with Crippen LogP contribution in [0, 0.1) is 5.92 Å². The quantitative estimate of drug-likeness (QED) is 0.828. The van der Waals surface area contributed by atoms with Gasteiger partial charge in [0.25, 0.3) is 0 Å². The average Bonchev–Trinajstić information content (AvgIpc) is 2.50. The van der Waals surface area contributed by atoms with E-state index in [0.717, 1.165) is 38.8 Å². The molecule has 0 radical (unpaired) electrons. The Kier molecular flexibility index (Phi) is 5.32. The van der Waals surface area contributed by atoms with Crippen molar-refractivity contribution >= 4 is 5.91 Å². The van der Waals surface area contributed by atoms with Gasteiger partial charge >= 0.3 is 0 Å². The Morgan fingerprint density at radius 3 is 2.65 bits per heavy atom. The van der Waals surface area contributed by atoms with Crippen LogP contribution in [0.15, 0.2) is 18.3 Å². The summed E-state index contributed by atoms with van der Waals surface area (Å²) in [6.45, 7) is 5.71. The van der Waals surface area contributed by atoms with E-state index in [0.29, 0.717) is 11.8 Å². The molecule has 2 heterocycles. The van der Waals surface area contributed by atoms with Crippen molar-refractivity contribution in [2.75, 3.05) is 13.1 Å². The van der Waals surface area contributed by atoms with E-state index in [1.54, 1.807) is 6.20 Å². The van der Waals surface area contributed by atoms with Gasteiger partial charge in [-0.05, 0) is 18.9 Å². The first-order valence-corrected chi connectivity index (χ1v) is 7.47. The van der Waals surface area contributed by atoms with E-state index < -0.39 is 0 Å². The van der Waals surface area contributed by atoms with Crippen molar-refractivity contribution in [2.24, 2.45) is 5.92 Å². The molecule has 110 valence electrons. The van der Waals surface area contributed by atoms with Crippen molar-refractivity contribution in [3.8, 4) is 5.88 Å². The van der Waals surface area contributed by atoms with Gasteiger partial charge in [-0.25, -0.2) is 0 Å². The summed E-state index contributed by atoms with van der Waals surface area (Å²) >= 11 is 0. The first-order valence-electron chi connectivity index (χ1n) is 7.47. The zero-order chi connectivity index (χ0) is 14.4. The maximum atomic E-state index is 12.3. The third-order valence-corrected chi connectivity index (χ3v) is 3.92. The molecule has 5 nitrogen and oxygen atoms in total. The smallest absolute Gasteiger partial charge is 0.233 e. The van der Waals surface area contributed by atoms with Crippen molar-refractivity contribution in [1.82, 2.24) is 15.1 Å². The second-order valence-electron chi connectivity index (χ2n) is 5.22. The van der Waals surface area contributed by atoms with E-state index in [1.165, 1.54) is 0 Å². The van der Waals surface area contributed by atoms with Gasteiger partial charge in [-0.2, -0.15) is 5.10 Å². The fraction of sp³-hybridized carbons (Fsp3) is 0.667. The van der Waals surface area contributed by atoms with Crippen molar-refractivity contribution in [3.05, 3.63) is 18.3 Å². The lowest BCUT2D eigenvalue weighted by Crippen LogP contribution is -2.44. The molecule has 0 aliphatic carbocycles. The minimum atomic E-state index is 0.137. The highest BCUT2D eigenvalue weighted by atomic mass is 16.5. The van der Waals surface area contributed by atoms with Crippen LogP contribution < -0.4 is 4.74 Å². The third kappa shape index (κ3) is 3.68. The molecule has 0 unspecified atom stereocenters. The molecule has 1 aromatic rings. The number of carbonyl (C=O) groups is 1. The standard InChI is InChI=1S/C15H23N3O2/c1-3-12(4-2)15(19)18-10-7-13(8-11-18)20-14-6-5-9-16-17-14/h5-6,9,12-13H,3-4,7-8,10-11H2,1-2H3. The number of hydrogen-bond donors (Lipinski definition) is 0. The molecule has 2 rings (SSSR count). The van der Waals surface area contributed by atoms with Crippen LogP contribution in [0.4, 0.5) is 0 Å². The molecule has 1 aliphatic rings. The maximum absolute atomic E-state index is 12.3. The van der Waals surface area contributed by atoms with Gasteiger partial charge < -0.3 is 9.64 Å². The minimum absolute atomic E-state index is 0.137. The number of likely N-dealkylation sites (tertiary alicyclic amines) is 1. The zero-order valence-corrected chi connectivity index (χ0v) is 12.3. The maximum Gasteiger partial charge on any atom is 0.233 e. The molecule has 0 aromatic carbocycles. The van der Waals surface area contributed by atoms with Crippen LogP contribution in [-0.2, 0) is 4.79 Å². The van der Waals surface area contributed by atoms with E-state index in [9.17, 15) is 4.79 Å². The summed E-state index contributed by atoms with van der Waals surface area (Å²) in [4.78, 5) is 14.3. The molecule has 1 aliphatic heterocycles. The fourth-order valence-corrected chi connectivity index (χ4v) is 2.61. The lowest BCUT2D eigenvalue weighted by atomic mass is 9.99. The van der Waals surface area contributed by atoms with Gasteiger partial charge in [0.1, 0.15) is 6.10 Å². The monoisotopic (exact) mass is 277 g/mol. The van der Waals surface area contributed by atoms with Gasteiger partial charge in [-0.1, -0.05) is 13.8 Å². The number of amides is 1. The van der Waals surface area contributed by atoms with E-state index in [4.69, 9.17) is 4.74 Å². The Morgan fingerprint density at radius 2 is 2.10 bits per heavy atom. The number of nitrogens with zero attached hydrogens (tertiary/aromatic N) is 3. The summed E-state index contributed by atoms with van der Waals surface area (Å²) in [5.74, 6) is 1.04. The first-order chi connectivity index (χ1) is 9.74. The second kappa shape index (κ2) is 7.22. The highest BCUT2D eigenvalue weighted by Crippen LogP contribution is 2.20. The van der Waals surface area contributed by atoms with Crippen molar-refractivity contribution in [2.45, 2.75) is 45.6 Å². The van der Waals surface area contributed by atoms with Crippen LogP contribution in [0.2, 0.25) is 0 Å². The average molecular weight is 277 g/mol. The molecule has 0 spiro atoms. The summed E-state index contributed by atoms with van der Waals surface area (Å²) in [5, 5.41) is 7.73. The molecule has 1 aromatic heterocycles. The topological polar surface area (TPSA) is 55.3 Å². The fourth-order valence-electron chi connectivity index (χ4n) is 2.61. The normalized spacial score (nSPS) is 16.4. The number of ether oxygens (including phenoxy) is 1. The van der Waals surface area contributed by atoms with Crippen molar-refractivity contribution < 1.29 is 9.53 Å². The Morgan fingerprint density at radius 1 is 1.40 bits per heavy atom. The summed E-state index contributed by atoms with van der Waals surface area (Å²) < 4.78 is 5.78. The molecule has 20 heavy (non-hydrogen) atoms. The number of piperidine rings is 1. The molecule has 1 saturated heterocycles. The van der Waals surface area contributed by atoms with E-state index in [-0.39, 0.29) is 12.0 Å². The summed E-state index contributed by atoms with van der Waals surface area (Å²) in [6, 6.07) is 3.63. The minimum Gasteiger partial charge on any atom is -0.473 e. The predicted molar refractivity (Wildman–Crippen MR) is 76.3 cm³/mol. The Hall–Kier alpha value is -1.65. The molecule has 5 heteroatoms. The molecule has 1 fully saturated rings. The van der Waals surface area contributed by atoms with Crippen LogP contribution in [0.3, 0.4) is 0 Å². The molecule has 0 saturated carbocycles. The number of rotatable bonds is 5. The Balaban J connectivity index is 1.82. The molecule has 0 N–H and O–H groups in total. The Bertz CT molecular complexity index is 412. The number of hydrogen-bond acceptors (Lipinski definition) is 4. The molecular formula is C15H23N3O2. The van der Waals surface area contributed by atoms with E-state index in [2.05, 4.69) is 24.0 Å². The highest BCUT2D eigenvalue weighted by Gasteiger charge is 2.27. The number of aromatic nitrogens is 2. The van der Waals surface area contributed by atoms with E-state index >= 15 is 0 Å². The van der Waals surface area contributed by atoms with Crippen LogP contribution in [0.25, 0.3) is 0 Å². The van der Waals surface area contributed by atoms with E-state index in [1.807, 2.05) is 17.0 Å². The summed E-state index contributed by atoms with van der Waals surface area (Å²) in [6.07, 6.45) is 5.34. The SMILES string of the molecule is CCC(CC)C(=O)N1CCC(Oc2cccnn2)CC1. The molecule has 1 amide bonds. The summed E-state index contributed by atoms with van der Waals surface area (Å²) in [5.41, 5.74) is 0. The van der Waals surface area contributed by atoms with Crippen LogP contribution in [0.5, 0.6) is 5.88 Å². The lowest BCUT2D eigenvalue weighted by molar-refractivity contribution is -0.137. The Labute approximate surface area is 120 Å². The van der Waals surface area contributed by atoms with Crippen LogP contribution >= 0.6 is 0 Å². The van der Waals surface area contributed by atoms with Crippen LogP contribution in [-0.4, -0.2) is 40.2 Å². The van der Waals surface area contributed by atoms with Crippen molar-refractivity contribution in [1.29, 1.82) is 0 Å². The van der Waals surface area contributed by atoms with Gasteiger partial charge in [0.05, 0.1) is 0 Å². The lowest BCUT2D eigenvalue weighted by Gasteiger charge is -2.33. The number of carbonyl (C=O) groups excluding carboxylic acids is 1. The highest BCUT2D eigenvalue weighted by molar-refractivity contribution is 5.78. The first kappa shape index (κ1) is 14.8. The molecule has 0 atom stereocenters. The van der Waals surface area contributed by atoms with Gasteiger partial charge in [-0.15, -0.1) is 5.10 Å². The largest absolute Gasteiger partial charge is 0.473 e. The predicted octanol–water partition coefficient (Wildman–Crippen LogP) is 2.28. The molecular weight excluding hydrogens is 254 g/mol. The van der Waals surface area contributed by atoms with Gasteiger partial charge in [-0.3, -0.25) is 4.79 Å². The zero-order valence-electron chi connectivity index (χ0n) is 12.3.